The van der Waals surface area contributed by atoms with Gasteiger partial charge in [-0.25, -0.2) is 4.79 Å². The summed E-state index contributed by atoms with van der Waals surface area (Å²) in [4.78, 5) is 25.3. The van der Waals surface area contributed by atoms with E-state index in [-0.39, 0.29) is 13.2 Å². The van der Waals surface area contributed by atoms with Gasteiger partial charge in [0.1, 0.15) is 25.9 Å². The molecule has 1 amide bonds. The van der Waals surface area contributed by atoms with Gasteiger partial charge in [-0.1, -0.05) is 84.0 Å². The molecular weight excluding hydrogens is 443 g/mol. The summed E-state index contributed by atoms with van der Waals surface area (Å²) in [5.74, 6) is 0. The van der Waals surface area contributed by atoms with Crippen LogP contribution in [0.5, 0.6) is 0 Å². The summed E-state index contributed by atoms with van der Waals surface area (Å²) in [7, 11) is 4.56. The standard InChI is InChI=1S/C24H51N2O6P/c1-7-8-9-10-11-12-13-14-15-16-17-18-19-23(22-30-24(27)25(2)3)32-33(28,29)31-21-20-26(4,5)6/h23H,7-22H2,1-6H3. The van der Waals surface area contributed by atoms with Crippen LogP contribution in [-0.2, 0) is 18.3 Å². The molecule has 0 saturated carbocycles. The quantitative estimate of drug-likeness (QED) is 0.121. The van der Waals surface area contributed by atoms with Gasteiger partial charge in [0.2, 0.25) is 0 Å². The minimum Gasteiger partial charge on any atom is -0.756 e. The molecule has 9 heteroatoms. The van der Waals surface area contributed by atoms with Crippen molar-refractivity contribution in [3.8, 4) is 0 Å². The number of ether oxygens (including phenoxy) is 1. The molecule has 0 spiro atoms. The lowest BCUT2D eigenvalue weighted by molar-refractivity contribution is -0.870. The van der Waals surface area contributed by atoms with Crippen molar-refractivity contribution in [3.63, 3.8) is 0 Å². The molecule has 0 aromatic heterocycles. The van der Waals surface area contributed by atoms with Gasteiger partial charge in [0, 0.05) is 14.1 Å². The summed E-state index contributed by atoms with van der Waals surface area (Å²) in [6.07, 6.45) is 14.0. The normalized spacial score (nSPS) is 14.6. The zero-order valence-corrected chi connectivity index (χ0v) is 23.1. The number of phosphoric acid groups is 1. The fourth-order valence-electron chi connectivity index (χ4n) is 3.31. The number of unbranched alkanes of at least 4 members (excludes halogenated alkanes) is 11. The van der Waals surface area contributed by atoms with Crippen LogP contribution < -0.4 is 4.89 Å². The first kappa shape index (κ1) is 32.3. The maximum Gasteiger partial charge on any atom is 0.409 e. The smallest absolute Gasteiger partial charge is 0.409 e. The second-order valence-corrected chi connectivity index (χ2v) is 11.5. The van der Waals surface area contributed by atoms with E-state index in [4.69, 9.17) is 13.8 Å². The number of likely N-dealkylation sites (N-methyl/N-ethyl adjacent to an activating group) is 1. The van der Waals surface area contributed by atoms with E-state index in [2.05, 4.69) is 6.92 Å². The van der Waals surface area contributed by atoms with Crippen LogP contribution in [0.4, 0.5) is 4.79 Å². The lowest BCUT2D eigenvalue weighted by Gasteiger charge is -2.30. The minimum atomic E-state index is -4.47. The highest BCUT2D eigenvalue weighted by Crippen LogP contribution is 2.40. The van der Waals surface area contributed by atoms with E-state index >= 15 is 0 Å². The maximum absolute atomic E-state index is 12.2. The van der Waals surface area contributed by atoms with Crippen molar-refractivity contribution < 1.29 is 32.5 Å². The van der Waals surface area contributed by atoms with Crippen molar-refractivity contribution in [1.82, 2.24) is 4.90 Å². The second-order valence-electron chi connectivity index (χ2n) is 10.2. The van der Waals surface area contributed by atoms with E-state index in [9.17, 15) is 14.3 Å². The first-order chi connectivity index (χ1) is 15.5. The number of hydrogen-bond acceptors (Lipinski definition) is 6. The molecule has 0 fully saturated rings. The molecule has 8 nitrogen and oxygen atoms in total. The largest absolute Gasteiger partial charge is 0.756 e. The molecule has 0 aliphatic carbocycles. The highest BCUT2D eigenvalue weighted by atomic mass is 31.2. The fourth-order valence-corrected chi connectivity index (χ4v) is 4.21. The number of amides is 1. The van der Waals surface area contributed by atoms with Crippen molar-refractivity contribution in [3.05, 3.63) is 0 Å². The highest BCUT2D eigenvalue weighted by molar-refractivity contribution is 7.45. The second kappa shape index (κ2) is 18.6. The average Bonchev–Trinajstić information content (AvgIpc) is 2.70. The first-order valence-electron chi connectivity index (χ1n) is 12.8. The van der Waals surface area contributed by atoms with Crippen molar-refractivity contribution in [2.45, 2.75) is 96.5 Å². The third kappa shape index (κ3) is 21.6. The van der Waals surface area contributed by atoms with Gasteiger partial charge >= 0.3 is 6.09 Å². The van der Waals surface area contributed by atoms with E-state index in [1.54, 1.807) is 14.1 Å². The van der Waals surface area contributed by atoms with Gasteiger partial charge in [0.05, 0.1) is 21.1 Å². The summed E-state index contributed by atoms with van der Waals surface area (Å²) in [6, 6.07) is 0. The number of nitrogens with zero attached hydrogens (tertiary/aromatic N) is 2. The zero-order valence-electron chi connectivity index (χ0n) is 22.2. The summed E-state index contributed by atoms with van der Waals surface area (Å²) >= 11 is 0. The molecule has 0 rings (SSSR count). The lowest BCUT2D eigenvalue weighted by Crippen LogP contribution is -2.37. The van der Waals surface area contributed by atoms with Crippen molar-refractivity contribution in [2.75, 3.05) is 55.0 Å². The number of hydrogen-bond donors (Lipinski definition) is 0. The summed E-state index contributed by atoms with van der Waals surface area (Å²) in [5.41, 5.74) is 0. The Hall–Kier alpha value is -0.660. The van der Waals surface area contributed by atoms with Crippen molar-refractivity contribution in [1.29, 1.82) is 0 Å². The SMILES string of the molecule is CCCCCCCCCCCCCCC(COC(=O)N(C)C)OP(=O)([O-])OCC[N+](C)(C)C. The Balaban J connectivity index is 4.24. The van der Waals surface area contributed by atoms with Crippen LogP contribution in [0, 0.1) is 0 Å². The zero-order chi connectivity index (χ0) is 25.2. The van der Waals surface area contributed by atoms with Crippen LogP contribution in [0.3, 0.4) is 0 Å². The van der Waals surface area contributed by atoms with Crippen LogP contribution in [-0.4, -0.2) is 76.6 Å². The van der Waals surface area contributed by atoms with Gasteiger partial charge in [-0.15, -0.1) is 0 Å². The minimum absolute atomic E-state index is 0.0487. The molecule has 0 aliphatic heterocycles. The Morgan fingerprint density at radius 3 is 1.85 bits per heavy atom. The van der Waals surface area contributed by atoms with Gasteiger partial charge in [0.25, 0.3) is 7.82 Å². The van der Waals surface area contributed by atoms with E-state index < -0.39 is 20.0 Å². The molecular formula is C24H51N2O6P. The average molecular weight is 495 g/mol. The van der Waals surface area contributed by atoms with Crippen LogP contribution >= 0.6 is 7.82 Å². The van der Waals surface area contributed by atoms with E-state index in [1.165, 1.54) is 62.7 Å². The molecule has 0 radical (unpaired) electrons. The molecule has 198 valence electrons. The molecule has 0 bridgehead atoms. The van der Waals surface area contributed by atoms with Crippen LogP contribution in [0.15, 0.2) is 0 Å². The monoisotopic (exact) mass is 494 g/mol. The molecule has 2 unspecified atom stereocenters. The molecule has 2 atom stereocenters. The summed E-state index contributed by atoms with van der Waals surface area (Å²) in [5, 5.41) is 0. The Morgan fingerprint density at radius 1 is 0.909 bits per heavy atom. The van der Waals surface area contributed by atoms with Gasteiger partial charge < -0.3 is 28.1 Å². The number of quaternary nitrogens is 1. The summed E-state index contributed by atoms with van der Waals surface area (Å²) in [6.45, 7) is 2.72. The molecule has 0 aliphatic rings. The molecule has 0 heterocycles. The van der Waals surface area contributed by atoms with E-state index in [0.29, 0.717) is 17.4 Å². The molecule has 0 aromatic carbocycles. The van der Waals surface area contributed by atoms with Crippen molar-refractivity contribution >= 4 is 13.9 Å². The van der Waals surface area contributed by atoms with Crippen molar-refractivity contribution in [2.24, 2.45) is 0 Å². The number of carbonyl (C=O) groups is 1. The molecule has 0 N–H and O–H groups in total. The topological polar surface area (TPSA) is 88.1 Å². The van der Waals surface area contributed by atoms with E-state index in [0.717, 1.165) is 19.3 Å². The molecule has 0 aromatic rings. The van der Waals surface area contributed by atoms with E-state index in [1.807, 2.05) is 21.1 Å². The van der Waals surface area contributed by atoms with Crippen LogP contribution in [0.1, 0.15) is 90.4 Å². The molecule has 0 saturated heterocycles. The number of carbonyl (C=O) groups excluding carboxylic acids is 1. The maximum atomic E-state index is 12.2. The molecule has 33 heavy (non-hydrogen) atoms. The van der Waals surface area contributed by atoms with Crippen LogP contribution in [0.2, 0.25) is 0 Å². The summed E-state index contributed by atoms with van der Waals surface area (Å²) < 4.78 is 28.3. The number of phosphoric ester groups is 1. The number of rotatable bonds is 21. The predicted octanol–water partition coefficient (Wildman–Crippen LogP) is 5.35. The Labute approximate surface area is 203 Å². The fraction of sp³-hybridized carbons (Fsp3) is 0.958. The lowest BCUT2D eigenvalue weighted by atomic mass is 10.0. The third-order valence-electron chi connectivity index (χ3n) is 5.43. The van der Waals surface area contributed by atoms with Gasteiger partial charge in [-0.05, 0) is 6.42 Å². The Kier molecular flexibility index (Phi) is 18.3. The Bertz CT molecular complexity index is 540. The Morgan fingerprint density at radius 2 is 1.39 bits per heavy atom. The van der Waals surface area contributed by atoms with Gasteiger partial charge in [-0.2, -0.15) is 0 Å². The predicted molar refractivity (Wildman–Crippen MR) is 132 cm³/mol. The van der Waals surface area contributed by atoms with Gasteiger partial charge in [0.15, 0.2) is 0 Å². The van der Waals surface area contributed by atoms with Gasteiger partial charge in [-0.3, -0.25) is 4.57 Å². The first-order valence-corrected chi connectivity index (χ1v) is 14.2. The van der Waals surface area contributed by atoms with Crippen LogP contribution in [0.25, 0.3) is 0 Å². The third-order valence-corrected chi connectivity index (χ3v) is 6.48. The highest BCUT2D eigenvalue weighted by Gasteiger charge is 2.21.